The van der Waals surface area contributed by atoms with Crippen LogP contribution in [0.4, 0.5) is 0 Å². The Morgan fingerprint density at radius 1 is 1.35 bits per heavy atom. The minimum atomic E-state index is -1.13. The van der Waals surface area contributed by atoms with E-state index in [9.17, 15) is 5.11 Å². The Bertz CT molecular complexity index is 594. The number of nitrogens with zero attached hydrogens (tertiary/aromatic N) is 2. The summed E-state index contributed by atoms with van der Waals surface area (Å²) in [5.74, 6) is 1.18. The molecule has 6 heteroatoms. The lowest BCUT2D eigenvalue weighted by Gasteiger charge is -2.19. The monoisotopic (exact) mass is 316 g/mol. The Labute approximate surface area is 136 Å². The largest absolute Gasteiger partial charge is 0.466 e. The van der Waals surface area contributed by atoms with Crippen LogP contribution in [0.25, 0.3) is 0 Å². The van der Waals surface area contributed by atoms with Gasteiger partial charge in [-0.25, -0.2) is 4.99 Å². The van der Waals surface area contributed by atoms with Gasteiger partial charge in [0.25, 0.3) is 0 Å². The summed E-state index contributed by atoms with van der Waals surface area (Å²) >= 11 is 0. The molecule has 0 radical (unpaired) electrons. The first-order valence-corrected chi connectivity index (χ1v) is 7.79. The lowest BCUT2D eigenvalue weighted by Crippen LogP contribution is -2.39. The smallest absolute Gasteiger partial charge is 0.191 e. The van der Waals surface area contributed by atoms with Crippen LogP contribution in [0.15, 0.2) is 52.3 Å². The summed E-state index contributed by atoms with van der Waals surface area (Å²) in [6.07, 6.45) is 6.02. The molecular formula is C17H24N4O2. The first-order chi connectivity index (χ1) is 11.1. The van der Waals surface area contributed by atoms with E-state index in [-0.39, 0.29) is 6.54 Å². The van der Waals surface area contributed by atoms with Crippen LogP contribution in [0.2, 0.25) is 0 Å². The van der Waals surface area contributed by atoms with Crippen molar-refractivity contribution < 1.29 is 9.52 Å². The molecule has 0 saturated carbocycles. The molecule has 2 aromatic rings. The molecule has 0 amide bonds. The first kappa shape index (κ1) is 17.0. The molecule has 23 heavy (non-hydrogen) atoms. The molecule has 2 aromatic heterocycles. The van der Waals surface area contributed by atoms with Crippen LogP contribution in [0.1, 0.15) is 25.2 Å². The number of furan rings is 1. The summed E-state index contributed by atoms with van der Waals surface area (Å²) < 4.78 is 5.26. The molecular weight excluding hydrogens is 292 g/mol. The van der Waals surface area contributed by atoms with E-state index < -0.39 is 5.60 Å². The number of hydrogen-bond donors (Lipinski definition) is 3. The molecule has 0 aliphatic carbocycles. The van der Waals surface area contributed by atoms with Gasteiger partial charge < -0.3 is 20.2 Å². The van der Waals surface area contributed by atoms with Gasteiger partial charge in [0.15, 0.2) is 5.96 Å². The minimum absolute atomic E-state index is 0.211. The van der Waals surface area contributed by atoms with Gasteiger partial charge in [0, 0.05) is 25.5 Å². The van der Waals surface area contributed by atoms with Crippen molar-refractivity contribution >= 4 is 5.96 Å². The zero-order valence-electron chi connectivity index (χ0n) is 13.6. The number of guanidine groups is 1. The second-order valence-corrected chi connectivity index (χ2v) is 5.48. The van der Waals surface area contributed by atoms with Gasteiger partial charge in [-0.2, -0.15) is 0 Å². The number of aliphatic hydroxyl groups is 1. The van der Waals surface area contributed by atoms with Crippen molar-refractivity contribution in [3.8, 4) is 0 Å². The van der Waals surface area contributed by atoms with Gasteiger partial charge in [-0.3, -0.25) is 4.98 Å². The molecule has 3 N–H and O–H groups in total. The number of hydrogen-bond acceptors (Lipinski definition) is 4. The topological polar surface area (TPSA) is 82.7 Å². The van der Waals surface area contributed by atoms with Crippen LogP contribution < -0.4 is 10.6 Å². The van der Waals surface area contributed by atoms with Crippen molar-refractivity contribution in [3.05, 3.63) is 54.2 Å². The molecule has 0 aromatic carbocycles. The van der Waals surface area contributed by atoms with Crippen LogP contribution >= 0.6 is 0 Å². The van der Waals surface area contributed by atoms with E-state index in [0.717, 1.165) is 19.5 Å². The predicted octanol–water partition coefficient (Wildman–Crippen LogP) is 1.68. The van der Waals surface area contributed by atoms with E-state index in [1.165, 1.54) is 5.56 Å². The number of rotatable bonds is 7. The van der Waals surface area contributed by atoms with Crippen molar-refractivity contribution in [1.82, 2.24) is 15.6 Å². The fourth-order valence-electron chi connectivity index (χ4n) is 2.11. The summed E-state index contributed by atoms with van der Waals surface area (Å²) in [5, 5.41) is 16.9. The lowest BCUT2D eigenvalue weighted by molar-refractivity contribution is 0.0437. The van der Waals surface area contributed by atoms with Crippen LogP contribution in [0, 0.1) is 0 Å². The number of nitrogens with one attached hydrogen (secondary N) is 2. The standard InChI is InChI=1S/C17H24N4O2/c1-3-19-16(20-10-8-14-6-4-9-18-12-14)21-13-17(2,22)15-7-5-11-23-15/h4-7,9,11-12,22H,3,8,10,13H2,1-2H3,(H2,19,20,21). The van der Waals surface area contributed by atoms with E-state index in [4.69, 9.17) is 4.42 Å². The SMILES string of the molecule is CCNC(=NCC(C)(O)c1ccco1)NCCc1cccnc1. The van der Waals surface area contributed by atoms with Crippen molar-refractivity contribution in [1.29, 1.82) is 0 Å². The normalized spacial score (nSPS) is 14.3. The fourth-order valence-corrected chi connectivity index (χ4v) is 2.11. The maximum Gasteiger partial charge on any atom is 0.191 e. The Morgan fingerprint density at radius 3 is 2.87 bits per heavy atom. The molecule has 0 aliphatic rings. The summed E-state index contributed by atoms with van der Waals surface area (Å²) in [6.45, 7) is 5.39. The summed E-state index contributed by atoms with van der Waals surface area (Å²) in [7, 11) is 0. The first-order valence-electron chi connectivity index (χ1n) is 7.79. The molecule has 2 heterocycles. The molecule has 0 saturated heterocycles. The number of aliphatic imine (C=N–C) groups is 1. The van der Waals surface area contributed by atoms with Crippen molar-refractivity contribution in [2.45, 2.75) is 25.9 Å². The van der Waals surface area contributed by atoms with Gasteiger partial charge in [-0.05, 0) is 44.0 Å². The third-order valence-corrected chi connectivity index (χ3v) is 3.37. The van der Waals surface area contributed by atoms with Gasteiger partial charge in [0.1, 0.15) is 11.4 Å². The quantitative estimate of drug-likeness (QED) is 0.535. The molecule has 124 valence electrons. The minimum Gasteiger partial charge on any atom is -0.466 e. The predicted molar refractivity (Wildman–Crippen MR) is 90.2 cm³/mol. The van der Waals surface area contributed by atoms with Gasteiger partial charge in [-0.15, -0.1) is 0 Å². The van der Waals surface area contributed by atoms with E-state index in [1.807, 2.05) is 25.3 Å². The van der Waals surface area contributed by atoms with Crippen molar-refractivity contribution in [2.24, 2.45) is 4.99 Å². The second kappa shape index (κ2) is 8.33. The Kier molecular flexibility index (Phi) is 6.17. The maximum absolute atomic E-state index is 10.4. The van der Waals surface area contributed by atoms with Crippen molar-refractivity contribution in [2.75, 3.05) is 19.6 Å². The lowest BCUT2D eigenvalue weighted by atomic mass is 10.0. The average Bonchev–Trinajstić information content (AvgIpc) is 3.09. The fraction of sp³-hybridized carbons (Fsp3) is 0.412. The highest BCUT2D eigenvalue weighted by atomic mass is 16.4. The highest BCUT2D eigenvalue weighted by Gasteiger charge is 2.25. The van der Waals surface area contributed by atoms with Gasteiger partial charge >= 0.3 is 0 Å². The van der Waals surface area contributed by atoms with Crippen LogP contribution in [-0.2, 0) is 12.0 Å². The van der Waals surface area contributed by atoms with Crippen LogP contribution in [-0.4, -0.2) is 35.7 Å². The highest BCUT2D eigenvalue weighted by molar-refractivity contribution is 5.79. The van der Waals surface area contributed by atoms with E-state index in [0.29, 0.717) is 11.7 Å². The Hall–Kier alpha value is -2.34. The molecule has 0 fully saturated rings. The molecule has 0 bridgehead atoms. The van der Waals surface area contributed by atoms with Crippen molar-refractivity contribution in [3.63, 3.8) is 0 Å². The molecule has 6 nitrogen and oxygen atoms in total. The molecule has 1 atom stereocenters. The second-order valence-electron chi connectivity index (χ2n) is 5.48. The molecule has 0 spiro atoms. The maximum atomic E-state index is 10.4. The van der Waals surface area contributed by atoms with Gasteiger partial charge in [0.05, 0.1) is 12.8 Å². The van der Waals surface area contributed by atoms with Gasteiger partial charge in [0.2, 0.25) is 0 Å². The summed E-state index contributed by atoms with van der Waals surface area (Å²) in [5.41, 5.74) is 0.0355. The molecule has 2 rings (SSSR count). The summed E-state index contributed by atoms with van der Waals surface area (Å²) in [6, 6.07) is 7.47. The third kappa shape index (κ3) is 5.41. The number of aromatic nitrogens is 1. The third-order valence-electron chi connectivity index (χ3n) is 3.37. The van der Waals surface area contributed by atoms with Crippen LogP contribution in [0.5, 0.6) is 0 Å². The van der Waals surface area contributed by atoms with E-state index in [2.05, 4.69) is 20.6 Å². The van der Waals surface area contributed by atoms with E-state index >= 15 is 0 Å². The molecule has 0 aliphatic heterocycles. The zero-order valence-corrected chi connectivity index (χ0v) is 13.6. The van der Waals surface area contributed by atoms with Crippen LogP contribution in [0.3, 0.4) is 0 Å². The highest BCUT2D eigenvalue weighted by Crippen LogP contribution is 2.20. The average molecular weight is 316 g/mol. The van der Waals surface area contributed by atoms with E-state index in [1.54, 1.807) is 31.5 Å². The Balaban J connectivity index is 1.89. The zero-order chi connectivity index (χ0) is 16.5. The molecule has 1 unspecified atom stereocenters. The summed E-state index contributed by atoms with van der Waals surface area (Å²) in [4.78, 5) is 8.54. The van der Waals surface area contributed by atoms with Gasteiger partial charge in [-0.1, -0.05) is 6.07 Å². The Morgan fingerprint density at radius 2 is 2.22 bits per heavy atom. The number of pyridine rings is 1.